The molecule has 0 heterocycles. The molecule has 0 aromatic carbocycles. The van der Waals surface area contributed by atoms with Crippen molar-refractivity contribution in [2.24, 2.45) is 0 Å². The van der Waals surface area contributed by atoms with E-state index >= 15 is 0 Å². The highest BCUT2D eigenvalue weighted by Gasteiger charge is 2.23. The fraction of sp³-hybridized carbons (Fsp3) is 1.00. The van der Waals surface area contributed by atoms with Gasteiger partial charge in [-0.25, -0.2) is 0 Å². The second-order valence-electron chi connectivity index (χ2n) is 6.19. The molecule has 0 aromatic heterocycles. The third-order valence-electron chi connectivity index (χ3n) is 2.44. The smallest absolute Gasteiger partial charge is 0.0781 e. The Labute approximate surface area is 85.9 Å². The van der Waals surface area contributed by atoms with Crippen molar-refractivity contribution in [2.45, 2.75) is 58.0 Å². The molecule has 0 rings (SSSR count). The average Bonchev–Trinajstić information content (AvgIpc) is 1.82. The summed E-state index contributed by atoms with van der Waals surface area (Å²) in [7, 11) is -1.96. The van der Waals surface area contributed by atoms with Crippen molar-refractivity contribution in [2.75, 3.05) is 6.61 Å². The zero-order chi connectivity index (χ0) is 10.7. The van der Waals surface area contributed by atoms with Gasteiger partial charge in [-0.05, 0) is 13.0 Å². The van der Waals surface area contributed by atoms with Gasteiger partial charge in [0.1, 0.15) is 0 Å². The van der Waals surface area contributed by atoms with Gasteiger partial charge in [0, 0.05) is 20.4 Å². The first-order valence-electron chi connectivity index (χ1n) is 5.24. The van der Waals surface area contributed by atoms with Crippen LogP contribution in [0.5, 0.6) is 0 Å². The van der Waals surface area contributed by atoms with Crippen LogP contribution in [-0.4, -0.2) is 28.5 Å². The number of ether oxygens (including phenoxy) is 1. The second kappa shape index (κ2) is 4.76. The van der Waals surface area contributed by atoms with Crippen LogP contribution in [0.2, 0.25) is 45.3 Å². The van der Waals surface area contributed by atoms with Crippen molar-refractivity contribution in [3.8, 4) is 0 Å². The Hall–Kier alpha value is 0.394. The molecular weight excluding hydrogens is 192 g/mol. The Kier molecular flexibility index (Phi) is 4.90. The van der Waals surface area contributed by atoms with Crippen molar-refractivity contribution >= 4 is 16.1 Å². The van der Waals surface area contributed by atoms with Crippen molar-refractivity contribution < 1.29 is 4.74 Å². The minimum atomic E-state index is -1.06. The monoisotopic (exact) mass is 218 g/mol. The van der Waals surface area contributed by atoms with Gasteiger partial charge < -0.3 is 4.74 Å². The first kappa shape index (κ1) is 13.4. The van der Waals surface area contributed by atoms with Crippen LogP contribution in [0.3, 0.4) is 0 Å². The van der Waals surface area contributed by atoms with E-state index in [1.54, 1.807) is 0 Å². The summed E-state index contributed by atoms with van der Waals surface area (Å²) in [4.78, 5) is 0. The summed E-state index contributed by atoms with van der Waals surface area (Å²) in [6.45, 7) is 17.5. The molecule has 0 aliphatic rings. The lowest BCUT2D eigenvalue weighted by Gasteiger charge is -2.26. The van der Waals surface area contributed by atoms with E-state index in [4.69, 9.17) is 4.74 Å². The molecule has 0 bridgehead atoms. The Morgan fingerprint density at radius 2 is 1.46 bits per heavy atom. The van der Waals surface area contributed by atoms with E-state index in [9.17, 15) is 0 Å². The minimum Gasteiger partial charge on any atom is -0.382 e. The van der Waals surface area contributed by atoms with Crippen LogP contribution in [0.25, 0.3) is 0 Å². The van der Waals surface area contributed by atoms with Crippen LogP contribution in [0, 0.1) is 0 Å². The minimum absolute atomic E-state index is 0.504. The lowest BCUT2D eigenvalue weighted by atomic mass is 10.8. The SMILES string of the molecule is CC(OCC[Si](C)(C)C)[Si](C)(C)C. The first-order chi connectivity index (χ1) is 5.63. The van der Waals surface area contributed by atoms with E-state index in [1.807, 2.05) is 0 Å². The molecule has 1 atom stereocenters. The van der Waals surface area contributed by atoms with E-state index in [0.717, 1.165) is 6.61 Å². The molecule has 0 saturated carbocycles. The standard InChI is InChI=1S/C10H26OSi2/c1-10(13(5,6)7)11-8-9-12(2,3)4/h10H,8-9H2,1-7H3. The van der Waals surface area contributed by atoms with Crippen molar-refractivity contribution in [3.63, 3.8) is 0 Å². The normalized spacial score (nSPS) is 15.9. The fourth-order valence-corrected chi connectivity index (χ4v) is 2.14. The van der Waals surface area contributed by atoms with Gasteiger partial charge in [0.05, 0.1) is 8.07 Å². The number of rotatable bonds is 5. The molecule has 0 aliphatic heterocycles. The highest BCUT2D eigenvalue weighted by Crippen LogP contribution is 2.13. The molecule has 0 amide bonds. The molecule has 0 radical (unpaired) electrons. The molecular formula is C10H26OSi2. The summed E-state index contributed by atoms with van der Waals surface area (Å²) < 4.78 is 5.88. The summed E-state index contributed by atoms with van der Waals surface area (Å²) in [6.07, 6.45) is 0. The summed E-state index contributed by atoms with van der Waals surface area (Å²) >= 11 is 0. The quantitative estimate of drug-likeness (QED) is 0.641. The lowest BCUT2D eigenvalue weighted by Crippen LogP contribution is -2.38. The Morgan fingerprint density at radius 1 is 1.00 bits per heavy atom. The maximum Gasteiger partial charge on any atom is 0.0781 e. The highest BCUT2D eigenvalue weighted by molar-refractivity contribution is 6.77. The summed E-state index contributed by atoms with van der Waals surface area (Å²) in [5.41, 5.74) is 0.504. The molecule has 0 N–H and O–H groups in total. The third-order valence-corrected chi connectivity index (χ3v) is 6.75. The summed E-state index contributed by atoms with van der Waals surface area (Å²) in [6, 6.07) is 1.29. The molecule has 1 unspecified atom stereocenters. The van der Waals surface area contributed by atoms with Crippen LogP contribution >= 0.6 is 0 Å². The Bertz CT molecular complexity index is 144. The van der Waals surface area contributed by atoms with Gasteiger partial charge in [-0.15, -0.1) is 0 Å². The van der Waals surface area contributed by atoms with E-state index < -0.39 is 16.1 Å². The topological polar surface area (TPSA) is 9.23 Å². The van der Waals surface area contributed by atoms with Gasteiger partial charge in [0.25, 0.3) is 0 Å². The van der Waals surface area contributed by atoms with Gasteiger partial charge >= 0.3 is 0 Å². The average molecular weight is 218 g/mol. The van der Waals surface area contributed by atoms with Crippen LogP contribution in [0.1, 0.15) is 6.92 Å². The number of hydrogen-bond donors (Lipinski definition) is 0. The molecule has 0 fully saturated rings. The van der Waals surface area contributed by atoms with E-state index in [1.165, 1.54) is 6.04 Å². The third kappa shape index (κ3) is 7.46. The van der Waals surface area contributed by atoms with Gasteiger partial charge in [-0.3, -0.25) is 0 Å². The Balaban J connectivity index is 3.67. The summed E-state index contributed by atoms with van der Waals surface area (Å²) in [5, 5.41) is 0. The van der Waals surface area contributed by atoms with Crippen LogP contribution in [0.4, 0.5) is 0 Å². The molecule has 0 spiro atoms. The molecule has 13 heavy (non-hydrogen) atoms. The molecule has 0 saturated heterocycles. The van der Waals surface area contributed by atoms with Gasteiger partial charge in [0.2, 0.25) is 0 Å². The van der Waals surface area contributed by atoms with E-state index in [-0.39, 0.29) is 0 Å². The predicted molar refractivity (Wildman–Crippen MR) is 66.9 cm³/mol. The number of hydrogen-bond acceptors (Lipinski definition) is 1. The van der Waals surface area contributed by atoms with Crippen molar-refractivity contribution in [1.82, 2.24) is 0 Å². The Morgan fingerprint density at radius 3 is 1.77 bits per heavy atom. The molecule has 0 aromatic rings. The van der Waals surface area contributed by atoms with Crippen molar-refractivity contribution in [1.29, 1.82) is 0 Å². The van der Waals surface area contributed by atoms with Gasteiger partial charge in [-0.2, -0.15) is 0 Å². The fourth-order valence-electron chi connectivity index (χ4n) is 0.792. The zero-order valence-corrected chi connectivity index (χ0v) is 12.4. The van der Waals surface area contributed by atoms with Crippen molar-refractivity contribution in [3.05, 3.63) is 0 Å². The van der Waals surface area contributed by atoms with E-state index in [2.05, 4.69) is 46.2 Å². The van der Waals surface area contributed by atoms with E-state index in [0.29, 0.717) is 5.73 Å². The van der Waals surface area contributed by atoms with Crippen LogP contribution in [-0.2, 0) is 4.74 Å². The lowest BCUT2D eigenvalue weighted by molar-refractivity contribution is 0.123. The molecule has 80 valence electrons. The second-order valence-corrected chi connectivity index (χ2v) is 17.4. The van der Waals surface area contributed by atoms with Crippen LogP contribution in [0.15, 0.2) is 0 Å². The first-order valence-corrected chi connectivity index (χ1v) is 12.5. The molecule has 1 nitrogen and oxygen atoms in total. The van der Waals surface area contributed by atoms with Crippen LogP contribution < -0.4 is 0 Å². The van der Waals surface area contributed by atoms with Gasteiger partial charge in [0.15, 0.2) is 0 Å². The highest BCUT2D eigenvalue weighted by atomic mass is 28.3. The molecule has 0 aliphatic carbocycles. The predicted octanol–water partition coefficient (Wildman–Crippen LogP) is 3.61. The molecule has 3 heteroatoms. The summed E-state index contributed by atoms with van der Waals surface area (Å²) in [5.74, 6) is 0. The largest absolute Gasteiger partial charge is 0.382 e. The zero-order valence-electron chi connectivity index (χ0n) is 10.4. The maximum absolute atomic E-state index is 5.88. The van der Waals surface area contributed by atoms with Gasteiger partial charge in [-0.1, -0.05) is 39.3 Å². The maximum atomic E-state index is 5.88.